The number of hydrogen-bond donors (Lipinski definition) is 1. The van der Waals surface area contributed by atoms with E-state index in [1.165, 1.54) is 17.6 Å². The van der Waals surface area contributed by atoms with Crippen LogP contribution in [0.1, 0.15) is 24.5 Å². The number of benzene rings is 1. The lowest BCUT2D eigenvalue weighted by Crippen LogP contribution is -2.44. The Balaban J connectivity index is 2.05. The molecule has 2 rings (SSSR count). The van der Waals surface area contributed by atoms with Gasteiger partial charge in [-0.1, -0.05) is 36.8 Å². The van der Waals surface area contributed by atoms with Gasteiger partial charge in [-0.3, -0.25) is 4.79 Å². The van der Waals surface area contributed by atoms with E-state index in [-0.39, 0.29) is 24.8 Å². The maximum Gasteiger partial charge on any atom is 0.328 e. The molecule has 3 atom stereocenters. The minimum Gasteiger partial charge on any atom is -0.467 e. The number of carbonyl (C=O) groups excluding carboxylic acids is 2. The number of carbonyl (C=O) groups is 2. The second-order valence-corrected chi connectivity index (χ2v) is 6.01. The van der Waals surface area contributed by atoms with Gasteiger partial charge in [0, 0.05) is 18.9 Å². The van der Waals surface area contributed by atoms with E-state index in [1.54, 1.807) is 0 Å². The topological polar surface area (TPSA) is 66.8 Å². The zero-order valence-corrected chi connectivity index (χ0v) is 13.3. The summed E-state index contributed by atoms with van der Waals surface area (Å²) >= 11 is 0. The summed E-state index contributed by atoms with van der Waals surface area (Å²) in [5.41, 5.74) is 2.26. The van der Waals surface area contributed by atoms with Crippen molar-refractivity contribution < 1.29 is 19.4 Å². The minimum absolute atomic E-state index is 0.118. The molecule has 22 heavy (non-hydrogen) atoms. The maximum absolute atomic E-state index is 12.6. The van der Waals surface area contributed by atoms with Gasteiger partial charge in [0.1, 0.15) is 6.04 Å². The molecule has 0 aliphatic carbocycles. The largest absolute Gasteiger partial charge is 0.467 e. The van der Waals surface area contributed by atoms with Gasteiger partial charge in [-0.15, -0.1) is 0 Å². The van der Waals surface area contributed by atoms with Crippen molar-refractivity contribution >= 4 is 11.9 Å². The molecule has 0 spiro atoms. The summed E-state index contributed by atoms with van der Waals surface area (Å²) in [6, 6.07) is 7.38. The predicted molar refractivity (Wildman–Crippen MR) is 82.2 cm³/mol. The van der Waals surface area contributed by atoms with Crippen molar-refractivity contribution in [2.45, 2.75) is 38.8 Å². The van der Waals surface area contributed by atoms with Gasteiger partial charge in [-0.05, 0) is 18.9 Å². The molecule has 5 heteroatoms. The fraction of sp³-hybridized carbons (Fsp3) is 0.529. The lowest BCUT2D eigenvalue weighted by Gasteiger charge is -2.25. The number of β-amino-alcohol motifs (C(OH)–C–C–N with tert-alkyl or cyclic N) is 1. The quantitative estimate of drug-likeness (QED) is 0.852. The summed E-state index contributed by atoms with van der Waals surface area (Å²) in [6.45, 7) is 4.06. The molecule has 5 nitrogen and oxygen atoms in total. The van der Waals surface area contributed by atoms with Crippen LogP contribution in [0.15, 0.2) is 24.3 Å². The molecule has 0 bridgehead atoms. The van der Waals surface area contributed by atoms with Crippen LogP contribution < -0.4 is 0 Å². The standard InChI is InChI=1S/C17H23NO4/c1-11-4-6-13(7-5-11)8-12(2)16(20)18-10-14(19)9-15(18)17(21)22-3/h4-7,12,14-15,19H,8-10H2,1-3H3/t12-,14-,15+/m1/s1. The van der Waals surface area contributed by atoms with Crippen molar-refractivity contribution in [1.82, 2.24) is 4.90 Å². The first-order valence-corrected chi connectivity index (χ1v) is 7.54. The number of ether oxygens (including phenoxy) is 1. The summed E-state index contributed by atoms with van der Waals surface area (Å²) in [5.74, 6) is -0.833. The third-order valence-corrected chi connectivity index (χ3v) is 4.12. The predicted octanol–water partition coefficient (Wildman–Crippen LogP) is 1.31. The third-order valence-electron chi connectivity index (χ3n) is 4.12. The normalized spacial score (nSPS) is 22.5. The Bertz CT molecular complexity index is 540. The van der Waals surface area contributed by atoms with Crippen molar-refractivity contribution in [3.63, 3.8) is 0 Å². The van der Waals surface area contributed by atoms with Crippen LogP contribution in [0.25, 0.3) is 0 Å². The maximum atomic E-state index is 12.6. The first kappa shape index (κ1) is 16.5. The second-order valence-electron chi connectivity index (χ2n) is 6.01. The Kier molecular flexibility index (Phi) is 5.19. The zero-order chi connectivity index (χ0) is 16.3. The van der Waals surface area contributed by atoms with Crippen molar-refractivity contribution in [1.29, 1.82) is 0 Å². The SMILES string of the molecule is COC(=O)[C@@H]1C[C@@H](O)CN1C(=O)[C@H](C)Cc1ccc(C)cc1. The summed E-state index contributed by atoms with van der Waals surface area (Å²) in [5, 5.41) is 9.76. The van der Waals surface area contributed by atoms with Gasteiger partial charge in [0.2, 0.25) is 5.91 Å². The summed E-state index contributed by atoms with van der Waals surface area (Å²) in [4.78, 5) is 25.8. The first-order chi connectivity index (χ1) is 10.4. The van der Waals surface area contributed by atoms with Crippen LogP contribution in [0.2, 0.25) is 0 Å². The van der Waals surface area contributed by atoms with Gasteiger partial charge in [0.05, 0.1) is 13.2 Å². The van der Waals surface area contributed by atoms with Gasteiger partial charge in [0.15, 0.2) is 0 Å². The molecule has 1 aliphatic heterocycles. The Morgan fingerprint density at radius 1 is 1.36 bits per heavy atom. The van der Waals surface area contributed by atoms with E-state index >= 15 is 0 Å². The number of hydrogen-bond acceptors (Lipinski definition) is 4. The minimum atomic E-state index is -0.673. The number of aryl methyl sites for hydroxylation is 1. The molecule has 1 amide bonds. The van der Waals surface area contributed by atoms with Gasteiger partial charge in [-0.2, -0.15) is 0 Å². The number of rotatable bonds is 4. The van der Waals surface area contributed by atoms with E-state index in [0.29, 0.717) is 6.42 Å². The fourth-order valence-electron chi connectivity index (χ4n) is 2.86. The van der Waals surface area contributed by atoms with Crippen molar-refractivity contribution in [3.05, 3.63) is 35.4 Å². The monoisotopic (exact) mass is 305 g/mol. The molecular weight excluding hydrogens is 282 g/mol. The lowest BCUT2D eigenvalue weighted by atomic mass is 9.98. The highest BCUT2D eigenvalue weighted by molar-refractivity contribution is 5.86. The zero-order valence-electron chi connectivity index (χ0n) is 13.3. The summed E-state index contributed by atoms with van der Waals surface area (Å²) < 4.78 is 4.73. The average Bonchev–Trinajstić information content (AvgIpc) is 2.89. The van der Waals surface area contributed by atoms with Crippen LogP contribution in [-0.2, 0) is 20.7 Å². The fourth-order valence-corrected chi connectivity index (χ4v) is 2.86. The van der Waals surface area contributed by atoms with Crippen molar-refractivity contribution in [2.24, 2.45) is 5.92 Å². The van der Waals surface area contributed by atoms with Gasteiger partial charge in [0.25, 0.3) is 0 Å². The molecule has 1 aliphatic rings. The molecule has 0 aromatic heterocycles. The Hall–Kier alpha value is -1.88. The van der Waals surface area contributed by atoms with E-state index in [9.17, 15) is 14.7 Å². The molecule has 120 valence electrons. The van der Waals surface area contributed by atoms with E-state index in [2.05, 4.69) is 0 Å². The van der Waals surface area contributed by atoms with Gasteiger partial charge in [-0.25, -0.2) is 4.79 Å². The van der Waals surface area contributed by atoms with E-state index in [4.69, 9.17) is 4.74 Å². The van der Waals surface area contributed by atoms with E-state index < -0.39 is 18.1 Å². The number of amides is 1. The number of methoxy groups -OCH3 is 1. The highest BCUT2D eigenvalue weighted by Gasteiger charge is 2.40. The molecule has 0 radical (unpaired) electrons. The Morgan fingerprint density at radius 2 is 2.00 bits per heavy atom. The van der Waals surface area contributed by atoms with E-state index in [0.717, 1.165) is 5.56 Å². The summed E-state index contributed by atoms with van der Waals surface area (Å²) in [7, 11) is 1.30. The molecule has 0 saturated carbocycles. The highest BCUT2D eigenvalue weighted by Crippen LogP contribution is 2.23. The van der Waals surface area contributed by atoms with Gasteiger partial charge < -0.3 is 14.7 Å². The van der Waals surface area contributed by atoms with Crippen LogP contribution >= 0.6 is 0 Å². The van der Waals surface area contributed by atoms with Crippen LogP contribution in [-0.4, -0.2) is 47.7 Å². The molecule has 1 saturated heterocycles. The molecule has 1 aromatic carbocycles. The molecule has 1 fully saturated rings. The van der Waals surface area contributed by atoms with Crippen molar-refractivity contribution in [2.75, 3.05) is 13.7 Å². The molecular formula is C17H23NO4. The number of esters is 1. The second kappa shape index (κ2) is 6.92. The van der Waals surface area contributed by atoms with Crippen molar-refractivity contribution in [3.8, 4) is 0 Å². The number of aliphatic hydroxyl groups is 1. The first-order valence-electron chi connectivity index (χ1n) is 7.54. The Morgan fingerprint density at radius 3 is 2.59 bits per heavy atom. The van der Waals surface area contributed by atoms with Crippen LogP contribution in [0.4, 0.5) is 0 Å². The molecule has 0 unspecified atom stereocenters. The highest BCUT2D eigenvalue weighted by atomic mass is 16.5. The van der Waals surface area contributed by atoms with Gasteiger partial charge >= 0.3 is 5.97 Å². The average molecular weight is 305 g/mol. The smallest absolute Gasteiger partial charge is 0.328 e. The molecule has 1 aromatic rings. The Labute approximate surface area is 130 Å². The number of nitrogens with zero attached hydrogens (tertiary/aromatic N) is 1. The third kappa shape index (κ3) is 3.65. The number of likely N-dealkylation sites (tertiary alicyclic amines) is 1. The summed E-state index contributed by atoms with van der Waals surface area (Å²) in [6.07, 6.45) is 0.189. The molecule has 1 heterocycles. The lowest BCUT2D eigenvalue weighted by molar-refractivity contribution is -0.152. The number of aliphatic hydroxyl groups excluding tert-OH is 1. The van der Waals surface area contributed by atoms with Crippen LogP contribution in [0.3, 0.4) is 0 Å². The molecule has 1 N–H and O–H groups in total. The van der Waals surface area contributed by atoms with Crippen LogP contribution in [0, 0.1) is 12.8 Å². The van der Waals surface area contributed by atoms with E-state index in [1.807, 2.05) is 38.1 Å². The van der Waals surface area contributed by atoms with Crippen LogP contribution in [0.5, 0.6) is 0 Å².